The van der Waals surface area contributed by atoms with Gasteiger partial charge in [0.15, 0.2) is 0 Å². The Balaban J connectivity index is 2.54. The lowest BCUT2D eigenvalue weighted by atomic mass is 9.73. The first-order valence-electron chi connectivity index (χ1n) is 8.08. The van der Waals surface area contributed by atoms with E-state index in [0.717, 1.165) is 23.0 Å². The van der Waals surface area contributed by atoms with Crippen molar-refractivity contribution < 1.29 is 9.53 Å². The number of carbonyl (C=O) groups excluding carboxylic acids is 1. The molecule has 1 aromatic rings. The predicted molar refractivity (Wildman–Crippen MR) is 105 cm³/mol. The van der Waals surface area contributed by atoms with Gasteiger partial charge in [0, 0.05) is 3.57 Å². The molecule has 3 nitrogen and oxygen atoms in total. The van der Waals surface area contributed by atoms with Gasteiger partial charge >= 0.3 is 5.97 Å². The van der Waals surface area contributed by atoms with Crippen molar-refractivity contribution in [2.45, 2.75) is 40.5 Å². The minimum Gasteiger partial charge on any atom is -0.462 e. The molecule has 0 aliphatic rings. The summed E-state index contributed by atoms with van der Waals surface area (Å²) in [6.07, 6.45) is 2.16. The number of hydrogen-bond donors (Lipinski definition) is 0. The van der Waals surface area contributed by atoms with Crippen LogP contribution < -0.4 is 0 Å². The quantitative estimate of drug-likeness (QED) is 0.436. The van der Waals surface area contributed by atoms with E-state index < -0.39 is 0 Å². The molecule has 0 aliphatic heterocycles. The monoisotopic (exact) mass is 431 g/mol. The maximum absolute atomic E-state index is 12.2. The van der Waals surface area contributed by atoms with Gasteiger partial charge in [-0.2, -0.15) is 0 Å². The molecular weight excluding hydrogens is 401 g/mol. The summed E-state index contributed by atoms with van der Waals surface area (Å²) < 4.78 is 6.67. The summed E-state index contributed by atoms with van der Waals surface area (Å²) >= 11 is 2.23. The molecule has 0 aromatic heterocycles. The van der Waals surface area contributed by atoms with Crippen LogP contribution >= 0.6 is 22.6 Å². The van der Waals surface area contributed by atoms with Gasteiger partial charge in [-0.25, -0.2) is 4.79 Å². The second kappa shape index (κ2) is 8.47. The first-order valence-corrected chi connectivity index (χ1v) is 9.16. The fourth-order valence-corrected chi connectivity index (χ4v) is 3.25. The first kappa shape index (κ1) is 20.4. The van der Waals surface area contributed by atoms with Crippen molar-refractivity contribution in [3.8, 4) is 0 Å². The molecule has 0 spiro atoms. The second-order valence-corrected chi connectivity index (χ2v) is 9.39. The van der Waals surface area contributed by atoms with Gasteiger partial charge < -0.3 is 9.64 Å². The molecule has 0 atom stereocenters. The Hall–Kier alpha value is -0.620. The van der Waals surface area contributed by atoms with Crippen LogP contribution in [0.4, 0.5) is 0 Å². The number of hydrogen-bond acceptors (Lipinski definition) is 3. The van der Waals surface area contributed by atoms with Gasteiger partial charge in [-0.15, -0.1) is 0 Å². The Morgan fingerprint density at radius 2 is 1.65 bits per heavy atom. The van der Waals surface area contributed by atoms with E-state index in [1.807, 2.05) is 24.3 Å². The van der Waals surface area contributed by atoms with E-state index in [0.29, 0.717) is 12.2 Å². The molecule has 0 radical (unpaired) electrons. The molecule has 0 amide bonds. The molecule has 1 aromatic carbocycles. The van der Waals surface area contributed by atoms with Gasteiger partial charge in [-0.3, -0.25) is 0 Å². The third kappa shape index (κ3) is 8.15. The van der Waals surface area contributed by atoms with Crippen LogP contribution in [-0.4, -0.2) is 38.1 Å². The summed E-state index contributed by atoms with van der Waals surface area (Å²) in [5.74, 6) is -0.236. The van der Waals surface area contributed by atoms with E-state index in [4.69, 9.17) is 4.74 Å². The normalized spacial score (nSPS) is 12.5. The highest BCUT2D eigenvalue weighted by Crippen LogP contribution is 2.36. The van der Waals surface area contributed by atoms with Crippen LogP contribution in [0.25, 0.3) is 0 Å². The Labute approximate surface area is 154 Å². The number of carbonyl (C=O) groups is 1. The van der Waals surface area contributed by atoms with Crippen LogP contribution in [0.15, 0.2) is 24.3 Å². The fraction of sp³-hybridized carbons (Fsp3) is 0.632. The van der Waals surface area contributed by atoms with E-state index in [9.17, 15) is 4.79 Å². The number of nitrogens with zero attached hydrogens (tertiary/aromatic N) is 1. The largest absolute Gasteiger partial charge is 0.462 e. The number of halogens is 1. The summed E-state index contributed by atoms with van der Waals surface area (Å²) in [5.41, 5.74) is 0.811. The summed E-state index contributed by atoms with van der Waals surface area (Å²) in [5, 5.41) is 0. The SMILES string of the molecule is CN(C)CCC(C)(C)CC(C)(C)COC(=O)c1ccc(I)cc1. The predicted octanol–water partition coefficient (Wildman–Crippen LogP) is 4.84. The zero-order valence-corrected chi connectivity index (χ0v) is 17.4. The zero-order valence-electron chi connectivity index (χ0n) is 15.3. The minimum absolute atomic E-state index is 0.0331. The number of rotatable bonds is 8. The molecule has 4 heteroatoms. The summed E-state index contributed by atoms with van der Waals surface area (Å²) in [6, 6.07) is 7.48. The third-order valence-electron chi connectivity index (χ3n) is 3.87. The third-order valence-corrected chi connectivity index (χ3v) is 4.59. The lowest BCUT2D eigenvalue weighted by Crippen LogP contribution is -2.30. The van der Waals surface area contributed by atoms with Gasteiger partial charge in [0.05, 0.1) is 12.2 Å². The fourth-order valence-electron chi connectivity index (χ4n) is 2.89. The van der Waals surface area contributed by atoms with Crippen LogP contribution in [-0.2, 0) is 4.74 Å². The van der Waals surface area contributed by atoms with Gasteiger partial charge in [0.25, 0.3) is 0 Å². The Kier molecular flexibility index (Phi) is 7.52. The maximum Gasteiger partial charge on any atom is 0.338 e. The number of esters is 1. The standard InChI is InChI=1S/C19H30INO2/c1-18(2,11-12-21(5)6)13-19(3,4)14-23-17(22)15-7-9-16(20)10-8-15/h7-10H,11-14H2,1-6H3. The summed E-state index contributed by atoms with van der Waals surface area (Å²) in [4.78, 5) is 14.4. The Morgan fingerprint density at radius 3 is 2.17 bits per heavy atom. The molecule has 0 saturated carbocycles. The van der Waals surface area contributed by atoms with Crippen molar-refractivity contribution in [2.75, 3.05) is 27.2 Å². The molecular formula is C19H30INO2. The van der Waals surface area contributed by atoms with Crippen LogP contribution in [0.1, 0.15) is 50.9 Å². The van der Waals surface area contributed by atoms with E-state index in [-0.39, 0.29) is 16.8 Å². The van der Waals surface area contributed by atoms with Crippen LogP contribution in [0, 0.1) is 14.4 Å². The van der Waals surface area contributed by atoms with Gasteiger partial charge in [-0.05, 0) is 91.2 Å². The average Bonchev–Trinajstić information content (AvgIpc) is 2.42. The molecule has 0 saturated heterocycles. The van der Waals surface area contributed by atoms with E-state index in [2.05, 4.69) is 69.3 Å². The van der Waals surface area contributed by atoms with E-state index in [1.54, 1.807) is 0 Å². The molecule has 0 bridgehead atoms. The van der Waals surface area contributed by atoms with Gasteiger partial charge in [-0.1, -0.05) is 27.7 Å². The Morgan fingerprint density at radius 1 is 1.09 bits per heavy atom. The zero-order chi connectivity index (χ0) is 17.7. The van der Waals surface area contributed by atoms with Crippen LogP contribution in [0.5, 0.6) is 0 Å². The summed E-state index contributed by atoms with van der Waals surface area (Å²) in [7, 11) is 4.20. The second-order valence-electron chi connectivity index (χ2n) is 8.14. The van der Waals surface area contributed by atoms with Crippen molar-refractivity contribution in [1.29, 1.82) is 0 Å². The number of benzene rings is 1. The highest BCUT2D eigenvalue weighted by Gasteiger charge is 2.30. The van der Waals surface area contributed by atoms with Crippen molar-refractivity contribution in [1.82, 2.24) is 4.90 Å². The van der Waals surface area contributed by atoms with Crippen molar-refractivity contribution in [3.63, 3.8) is 0 Å². The maximum atomic E-state index is 12.2. The highest BCUT2D eigenvalue weighted by atomic mass is 127. The van der Waals surface area contributed by atoms with Gasteiger partial charge in [0.2, 0.25) is 0 Å². The van der Waals surface area contributed by atoms with E-state index >= 15 is 0 Å². The molecule has 130 valence electrons. The average molecular weight is 431 g/mol. The van der Waals surface area contributed by atoms with Crippen molar-refractivity contribution >= 4 is 28.6 Å². The van der Waals surface area contributed by atoms with Crippen LogP contribution in [0.3, 0.4) is 0 Å². The Bertz CT molecular complexity index is 507. The molecule has 0 aliphatic carbocycles. The van der Waals surface area contributed by atoms with Crippen molar-refractivity contribution in [2.24, 2.45) is 10.8 Å². The molecule has 0 heterocycles. The highest BCUT2D eigenvalue weighted by molar-refractivity contribution is 14.1. The van der Waals surface area contributed by atoms with Gasteiger partial charge in [0.1, 0.15) is 0 Å². The molecule has 0 fully saturated rings. The molecule has 0 unspecified atom stereocenters. The smallest absolute Gasteiger partial charge is 0.338 e. The molecule has 1 rings (SSSR count). The summed E-state index contributed by atoms with van der Waals surface area (Å²) in [6.45, 7) is 10.4. The first-order chi connectivity index (χ1) is 10.5. The van der Waals surface area contributed by atoms with Crippen LogP contribution in [0.2, 0.25) is 0 Å². The minimum atomic E-state index is -0.236. The lowest BCUT2D eigenvalue weighted by molar-refractivity contribution is 0.0241. The van der Waals surface area contributed by atoms with Crippen molar-refractivity contribution in [3.05, 3.63) is 33.4 Å². The lowest BCUT2D eigenvalue weighted by Gasteiger charge is -2.35. The number of ether oxygens (including phenoxy) is 1. The topological polar surface area (TPSA) is 29.5 Å². The molecule has 0 N–H and O–H groups in total. The molecule has 23 heavy (non-hydrogen) atoms. The van der Waals surface area contributed by atoms with E-state index in [1.165, 1.54) is 0 Å².